The van der Waals surface area contributed by atoms with Gasteiger partial charge in [-0.25, -0.2) is 0 Å². The van der Waals surface area contributed by atoms with Gasteiger partial charge in [-0.1, -0.05) is 13.8 Å². The second-order valence-electron chi connectivity index (χ2n) is 2.78. The maximum absolute atomic E-state index is 3.94. The smallest absolute Gasteiger partial charge is 0.0622 e. The first-order valence-corrected chi connectivity index (χ1v) is 3.61. The molecule has 0 bridgehead atoms. The highest BCUT2D eigenvalue weighted by molar-refractivity contribution is 5.37. The molecule has 0 aromatic carbocycles. The molecule has 0 spiro atoms. The summed E-state index contributed by atoms with van der Waals surface area (Å²) in [6, 6.07) is 0. The molecule has 56 valence electrons. The van der Waals surface area contributed by atoms with Crippen molar-refractivity contribution in [2.45, 2.75) is 13.8 Å². The molecular weight excluding hydrogens is 124 g/mol. The van der Waals surface area contributed by atoms with Crippen LogP contribution in [0.1, 0.15) is 13.8 Å². The van der Waals surface area contributed by atoms with E-state index < -0.39 is 0 Å². The van der Waals surface area contributed by atoms with Gasteiger partial charge in [-0.05, 0) is 6.72 Å². The van der Waals surface area contributed by atoms with Crippen LogP contribution in [0.5, 0.6) is 0 Å². The molecule has 1 rings (SSSR count). The fourth-order valence-corrected chi connectivity index (χ4v) is 1.45. The van der Waals surface area contributed by atoms with Crippen LogP contribution < -0.4 is 5.32 Å². The lowest BCUT2D eigenvalue weighted by Gasteiger charge is -2.34. The second kappa shape index (κ2) is 2.45. The largest absolute Gasteiger partial charge is 0.390 e. The minimum atomic E-state index is 0.583. The van der Waals surface area contributed by atoms with Crippen LogP contribution in [0.25, 0.3) is 0 Å². The zero-order valence-electron chi connectivity index (χ0n) is 6.81. The molecule has 0 saturated heterocycles. The quantitative estimate of drug-likeness (QED) is 0.573. The first-order chi connectivity index (χ1) is 4.72. The van der Waals surface area contributed by atoms with Gasteiger partial charge in [0.2, 0.25) is 0 Å². The van der Waals surface area contributed by atoms with Crippen molar-refractivity contribution in [3.8, 4) is 0 Å². The van der Waals surface area contributed by atoms with Crippen molar-refractivity contribution < 1.29 is 0 Å². The number of allylic oxidation sites excluding steroid dienone is 2. The number of hydrogen-bond acceptors (Lipinski definition) is 2. The number of hydrogen-bond donors (Lipinski definition) is 1. The first-order valence-electron chi connectivity index (χ1n) is 3.61. The zero-order chi connectivity index (χ0) is 7.72. The lowest BCUT2D eigenvalue weighted by atomic mass is 9.78. The predicted octanol–water partition coefficient (Wildman–Crippen LogP) is 1.40. The summed E-state index contributed by atoms with van der Waals surface area (Å²) < 4.78 is 0. The van der Waals surface area contributed by atoms with Gasteiger partial charge in [0, 0.05) is 24.6 Å². The maximum atomic E-state index is 3.94. The third-order valence-electron chi connectivity index (χ3n) is 2.35. The molecule has 0 fully saturated rings. The lowest BCUT2D eigenvalue weighted by Crippen LogP contribution is -2.32. The van der Waals surface area contributed by atoms with E-state index in [4.69, 9.17) is 0 Å². The van der Waals surface area contributed by atoms with Crippen LogP contribution in [0.4, 0.5) is 0 Å². The van der Waals surface area contributed by atoms with Gasteiger partial charge in [0.25, 0.3) is 0 Å². The summed E-state index contributed by atoms with van der Waals surface area (Å²) in [6.07, 6.45) is 0. The van der Waals surface area contributed by atoms with Gasteiger partial charge in [-0.3, -0.25) is 4.99 Å². The van der Waals surface area contributed by atoms with Gasteiger partial charge in [0.1, 0.15) is 0 Å². The Balaban J connectivity index is 2.82. The SMILES string of the molecule is C=NC1=C(NC)C(C)C1C. The van der Waals surface area contributed by atoms with Gasteiger partial charge < -0.3 is 5.32 Å². The standard InChI is InChI=1S/C8H14N2/c1-5-6(2)8(10-4)7(5)9-3/h5-6,10H,3H2,1-2,4H3. The van der Waals surface area contributed by atoms with E-state index in [1.165, 1.54) is 5.70 Å². The number of nitrogens with zero attached hydrogens (tertiary/aromatic N) is 1. The molecule has 0 aromatic heterocycles. The Kier molecular flexibility index (Phi) is 1.79. The molecule has 2 heteroatoms. The average Bonchev–Trinajstić information content (AvgIpc) is 1.97. The van der Waals surface area contributed by atoms with E-state index in [0.29, 0.717) is 11.8 Å². The minimum Gasteiger partial charge on any atom is -0.390 e. The van der Waals surface area contributed by atoms with Crippen LogP contribution in [-0.4, -0.2) is 13.8 Å². The molecule has 2 nitrogen and oxygen atoms in total. The van der Waals surface area contributed by atoms with Crippen molar-refractivity contribution in [2.24, 2.45) is 16.8 Å². The fraction of sp³-hybridized carbons (Fsp3) is 0.625. The summed E-state index contributed by atoms with van der Waals surface area (Å²) in [5.41, 5.74) is 2.39. The lowest BCUT2D eigenvalue weighted by molar-refractivity contribution is 0.397. The Bertz CT molecular complexity index is 182. The maximum Gasteiger partial charge on any atom is 0.0622 e. The second-order valence-corrected chi connectivity index (χ2v) is 2.78. The molecule has 0 heterocycles. The number of rotatable bonds is 2. The monoisotopic (exact) mass is 138 g/mol. The van der Waals surface area contributed by atoms with Gasteiger partial charge in [0.05, 0.1) is 5.70 Å². The Morgan fingerprint density at radius 1 is 1.40 bits per heavy atom. The van der Waals surface area contributed by atoms with Crippen molar-refractivity contribution in [3.05, 3.63) is 11.4 Å². The van der Waals surface area contributed by atoms with Crippen molar-refractivity contribution >= 4 is 6.72 Å². The van der Waals surface area contributed by atoms with E-state index >= 15 is 0 Å². The van der Waals surface area contributed by atoms with Crippen LogP contribution in [0.2, 0.25) is 0 Å². The number of nitrogens with one attached hydrogen (secondary N) is 1. The molecule has 1 N–H and O–H groups in total. The molecule has 0 amide bonds. The van der Waals surface area contributed by atoms with E-state index in [0.717, 1.165) is 5.70 Å². The van der Waals surface area contributed by atoms with E-state index in [-0.39, 0.29) is 0 Å². The molecule has 2 unspecified atom stereocenters. The van der Waals surface area contributed by atoms with E-state index in [2.05, 4.69) is 30.9 Å². The Hall–Kier alpha value is -0.790. The molecule has 1 aliphatic rings. The summed E-state index contributed by atoms with van der Waals surface area (Å²) in [6.45, 7) is 7.89. The van der Waals surface area contributed by atoms with Crippen LogP contribution in [0.15, 0.2) is 16.4 Å². The molecule has 0 aromatic rings. The van der Waals surface area contributed by atoms with Crippen LogP contribution in [0, 0.1) is 11.8 Å². The van der Waals surface area contributed by atoms with Crippen LogP contribution in [-0.2, 0) is 0 Å². The molecule has 1 aliphatic carbocycles. The highest BCUT2D eigenvalue weighted by atomic mass is 14.9. The van der Waals surface area contributed by atoms with Gasteiger partial charge in [0.15, 0.2) is 0 Å². The van der Waals surface area contributed by atoms with Crippen LogP contribution >= 0.6 is 0 Å². The highest BCUT2D eigenvalue weighted by Crippen LogP contribution is 2.38. The predicted molar refractivity (Wildman–Crippen MR) is 44.0 cm³/mol. The highest BCUT2D eigenvalue weighted by Gasteiger charge is 2.32. The average molecular weight is 138 g/mol. The van der Waals surface area contributed by atoms with Crippen molar-refractivity contribution in [1.82, 2.24) is 5.32 Å². The molecule has 0 saturated carbocycles. The molecule has 10 heavy (non-hydrogen) atoms. The Morgan fingerprint density at radius 2 is 2.00 bits per heavy atom. The Labute approximate surface area is 62.0 Å². The zero-order valence-corrected chi connectivity index (χ0v) is 6.81. The molecule has 0 aliphatic heterocycles. The van der Waals surface area contributed by atoms with E-state index in [9.17, 15) is 0 Å². The summed E-state index contributed by atoms with van der Waals surface area (Å²) >= 11 is 0. The normalized spacial score (nSPS) is 31.5. The summed E-state index contributed by atoms with van der Waals surface area (Å²) in [7, 11) is 1.93. The topological polar surface area (TPSA) is 24.4 Å². The van der Waals surface area contributed by atoms with Crippen molar-refractivity contribution in [3.63, 3.8) is 0 Å². The van der Waals surface area contributed by atoms with Gasteiger partial charge in [-0.15, -0.1) is 0 Å². The molecule has 0 radical (unpaired) electrons. The fourth-order valence-electron chi connectivity index (χ4n) is 1.45. The summed E-state index contributed by atoms with van der Waals surface area (Å²) in [4.78, 5) is 3.94. The number of aliphatic imine (C=N–C) groups is 1. The third-order valence-corrected chi connectivity index (χ3v) is 2.35. The third kappa shape index (κ3) is 0.753. The van der Waals surface area contributed by atoms with Crippen molar-refractivity contribution in [1.29, 1.82) is 0 Å². The van der Waals surface area contributed by atoms with E-state index in [1.807, 2.05) is 7.05 Å². The first kappa shape index (κ1) is 7.32. The summed E-state index contributed by atoms with van der Waals surface area (Å²) in [5.74, 6) is 1.21. The van der Waals surface area contributed by atoms with Crippen LogP contribution in [0.3, 0.4) is 0 Å². The van der Waals surface area contributed by atoms with Gasteiger partial charge >= 0.3 is 0 Å². The summed E-state index contributed by atoms with van der Waals surface area (Å²) in [5, 5.41) is 3.13. The van der Waals surface area contributed by atoms with Crippen molar-refractivity contribution in [2.75, 3.05) is 7.05 Å². The van der Waals surface area contributed by atoms with Gasteiger partial charge in [-0.2, -0.15) is 0 Å². The minimum absolute atomic E-state index is 0.583. The Morgan fingerprint density at radius 3 is 2.30 bits per heavy atom. The molecular formula is C8H14N2. The molecule has 2 atom stereocenters. The van der Waals surface area contributed by atoms with E-state index in [1.54, 1.807) is 0 Å².